The lowest BCUT2D eigenvalue weighted by atomic mass is 10.1. The Bertz CT molecular complexity index is 492. The van der Waals surface area contributed by atoms with Crippen LogP contribution in [0.3, 0.4) is 0 Å². The number of nitrogens with one attached hydrogen (secondary N) is 2. The minimum Gasteiger partial charge on any atom is -0.454 e. The van der Waals surface area contributed by atoms with Crippen molar-refractivity contribution in [2.75, 3.05) is 26.6 Å². The number of carbonyl (C=O) groups is 1. The molecule has 1 fully saturated rings. The molecule has 3 rings (SSSR count). The zero-order valence-electron chi connectivity index (χ0n) is 11.6. The molecule has 6 nitrogen and oxygen atoms in total. The zero-order chi connectivity index (χ0) is 13.8. The number of carbonyl (C=O) groups excluding carboxylic acids is 1. The number of fused-ring (bicyclic) bond motifs is 1. The van der Waals surface area contributed by atoms with Gasteiger partial charge in [-0.1, -0.05) is 12.1 Å². The molecule has 7 heteroatoms. The standard InChI is InChI=1S/C14H18N2O4.ClH/c17-13(6-11-8-18-5-4-15-11)16-7-10-2-1-3-12-14(10)20-9-19-12;/h1-3,11,15H,4-9H2,(H,16,17);1H. The third-order valence-corrected chi connectivity index (χ3v) is 3.38. The van der Waals surface area contributed by atoms with Crippen LogP contribution in [0.5, 0.6) is 11.5 Å². The summed E-state index contributed by atoms with van der Waals surface area (Å²) < 4.78 is 16.0. The maximum absolute atomic E-state index is 11.9. The molecule has 1 unspecified atom stereocenters. The van der Waals surface area contributed by atoms with E-state index in [4.69, 9.17) is 14.2 Å². The van der Waals surface area contributed by atoms with E-state index in [2.05, 4.69) is 10.6 Å². The topological polar surface area (TPSA) is 68.8 Å². The smallest absolute Gasteiger partial charge is 0.231 e. The normalized spacial score (nSPS) is 19.7. The molecule has 2 aliphatic heterocycles. The van der Waals surface area contributed by atoms with Crippen LogP contribution in [0.15, 0.2) is 18.2 Å². The van der Waals surface area contributed by atoms with E-state index in [0.29, 0.717) is 26.2 Å². The van der Waals surface area contributed by atoms with E-state index in [1.807, 2.05) is 18.2 Å². The Kier molecular flexibility index (Phi) is 5.67. The predicted octanol–water partition coefficient (Wildman–Crippen LogP) is 0.832. The van der Waals surface area contributed by atoms with Gasteiger partial charge in [0.2, 0.25) is 12.7 Å². The van der Waals surface area contributed by atoms with Crippen molar-refractivity contribution in [1.82, 2.24) is 10.6 Å². The first-order valence-electron chi connectivity index (χ1n) is 6.78. The first-order chi connectivity index (χ1) is 9.83. The fourth-order valence-corrected chi connectivity index (χ4v) is 2.37. The van der Waals surface area contributed by atoms with Crippen LogP contribution in [-0.4, -0.2) is 38.5 Å². The van der Waals surface area contributed by atoms with Crippen LogP contribution in [0, 0.1) is 0 Å². The van der Waals surface area contributed by atoms with Gasteiger partial charge in [-0.25, -0.2) is 0 Å². The molecule has 1 aromatic carbocycles. The minimum atomic E-state index is 0. The Morgan fingerprint density at radius 1 is 1.38 bits per heavy atom. The zero-order valence-corrected chi connectivity index (χ0v) is 12.4. The molecule has 0 aliphatic carbocycles. The molecule has 1 aromatic rings. The van der Waals surface area contributed by atoms with E-state index >= 15 is 0 Å². The molecule has 2 heterocycles. The highest BCUT2D eigenvalue weighted by Gasteiger charge is 2.19. The maximum atomic E-state index is 11.9. The quantitative estimate of drug-likeness (QED) is 0.861. The lowest BCUT2D eigenvalue weighted by Crippen LogP contribution is -2.44. The van der Waals surface area contributed by atoms with Crippen molar-refractivity contribution in [2.45, 2.75) is 19.0 Å². The van der Waals surface area contributed by atoms with Crippen LogP contribution >= 0.6 is 12.4 Å². The van der Waals surface area contributed by atoms with Crippen LogP contribution in [0.2, 0.25) is 0 Å². The number of para-hydroxylation sites is 1. The number of rotatable bonds is 4. The summed E-state index contributed by atoms with van der Waals surface area (Å²) in [5.41, 5.74) is 0.932. The van der Waals surface area contributed by atoms with Crippen molar-refractivity contribution in [3.63, 3.8) is 0 Å². The minimum absolute atomic E-state index is 0. The fraction of sp³-hybridized carbons (Fsp3) is 0.500. The predicted molar refractivity (Wildman–Crippen MR) is 78.9 cm³/mol. The molecular formula is C14H19ClN2O4. The molecule has 0 saturated carbocycles. The van der Waals surface area contributed by atoms with Crippen molar-refractivity contribution in [2.24, 2.45) is 0 Å². The van der Waals surface area contributed by atoms with E-state index < -0.39 is 0 Å². The summed E-state index contributed by atoms with van der Waals surface area (Å²) in [4.78, 5) is 11.9. The number of benzene rings is 1. The van der Waals surface area contributed by atoms with Gasteiger partial charge in [0.05, 0.1) is 13.2 Å². The number of ether oxygens (including phenoxy) is 3. The molecular weight excluding hydrogens is 296 g/mol. The molecule has 21 heavy (non-hydrogen) atoms. The molecule has 1 amide bonds. The lowest BCUT2D eigenvalue weighted by molar-refractivity contribution is -0.122. The van der Waals surface area contributed by atoms with Gasteiger partial charge in [0.1, 0.15) is 0 Å². The highest BCUT2D eigenvalue weighted by molar-refractivity contribution is 5.85. The second kappa shape index (κ2) is 7.49. The Balaban J connectivity index is 0.00000161. The summed E-state index contributed by atoms with van der Waals surface area (Å²) >= 11 is 0. The second-order valence-electron chi connectivity index (χ2n) is 4.86. The van der Waals surface area contributed by atoms with Gasteiger partial charge in [-0.3, -0.25) is 4.79 Å². The number of morpholine rings is 1. The maximum Gasteiger partial charge on any atom is 0.231 e. The molecule has 116 valence electrons. The molecule has 1 saturated heterocycles. The highest BCUT2D eigenvalue weighted by Crippen LogP contribution is 2.35. The number of hydrogen-bond donors (Lipinski definition) is 2. The molecule has 0 spiro atoms. The van der Waals surface area contributed by atoms with Crippen molar-refractivity contribution >= 4 is 18.3 Å². The Labute approximate surface area is 129 Å². The van der Waals surface area contributed by atoms with Crippen molar-refractivity contribution in [3.05, 3.63) is 23.8 Å². The van der Waals surface area contributed by atoms with Crippen LogP contribution in [0.1, 0.15) is 12.0 Å². The molecule has 2 N–H and O–H groups in total. The fourth-order valence-electron chi connectivity index (χ4n) is 2.37. The van der Waals surface area contributed by atoms with Gasteiger partial charge < -0.3 is 24.8 Å². The lowest BCUT2D eigenvalue weighted by Gasteiger charge is -2.23. The molecule has 0 bridgehead atoms. The summed E-state index contributed by atoms with van der Waals surface area (Å²) in [6, 6.07) is 5.78. The first-order valence-corrected chi connectivity index (χ1v) is 6.78. The summed E-state index contributed by atoms with van der Waals surface area (Å²) in [5, 5.41) is 6.17. The molecule has 0 radical (unpaired) electrons. The third-order valence-electron chi connectivity index (χ3n) is 3.38. The largest absolute Gasteiger partial charge is 0.454 e. The van der Waals surface area contributed by atoms with Crippen molar-refractivity contribution < 1.29 is 19.0 Å². The van der Waals surface area contributed by atoms with Crippen LogP contribution in [0.4, 0.5) is 0 Å². The van der Waals surface area contributed by atoms with Gasteiger partial charge >= 0.3 is 0 Å². The van der Waals surface area contributed by atoms with Crippen molar-refractivity contribution in [1.29, 1.82) is 0 Å². The van der Waals surface area contributed by atoms with Gasteiger partial charge in [-0.05, 0) is 6.07 Å². The average Bonchev–Trinajstić information content (AvgIpc) is 2.95. The summed E-state index contributed by atoms with van der Waals surface area (Å²) in [5.74, 6) is 1.47. The van der Waals surface area contributed by atoms with E-state index in [9.17, 15) is 4.79 Å². The number of amides is 1. The van der Waals surface area contributed by atoms with Gasteiger partial charge in [-0.15, -0.1) is 12.4 Å². The monoisotopic (exact) mass is 314 g/mol. The molecule has 0 aromatic heterocycles. The molecule has 1 atom stereocenters. The molecule has 2 aliphatic rings. The number of hydrogen-bond acceptors (Lipinski definition) is 5. The summed E-state index contributed by atoms with van der Waals surface area (Å²) in [7, 11) is 0. The first kappa shape index (κ1) is 15.9. The summed E-state index contributed by atoms with van der Waals surface area (Å²) in [6.07, 6.45) is 0.423. The Hall–Kier alpha value is -1.50. The third kappa shape index (κ3) is 4.00. The van der Waals surface area contributed by atoms with Gasteiger partial charge in [-0.2, -0.15) is 0 Å². The SMILES string of the molecule is Cl.O=C(CC1COCCN1)NCc1cccc2c1OCO2. The Morgan fingerprint density at radius 2 is 2.29 bits per heavy atom. The van der Waals surface area contributed by atoms with Gasteiger partial charge in [0.15, 0.2) is 11.5 Å². The highest BCUT2D eigenvalue weighted by atomic mass is 35.5. The average molecular weight is 315 g/mol. The van der Waals surface area contributed by atoms with E-state index in [0.717, 1.165) is 23.6 Å². The summed E-state index contributed by atoms with van der Waals surface area (Å²) in [6.45, 7) is 2.79. The van der Waals surface area contributed by atoms with E-state index in [-0.39, 0.29) is 31.1 Å². The van der Waals surface area contributed by atoms with Crippen LogP contribution in [0.25, 0.3) is 0 Å². The van der Waals surface area contributed by atoms with Crippen LogP contribution in [-0.2, 0) is 16.1 Å². The second-order valence-corrected chi connectivity index (χ2v) is 4.86. The van der Waals surface area contributed by atoms with E-state index in [1.165, 1.54) is 0 Å². The van der Waals surface area contributed by atoms with E-state index in [1.54, 1.807) is 0 Å². The number of halogens is 1. The van der Waals surface area contributed by atoms with Crippen molar-refractivity contribution in [3.8, 4) is 11.5 Å². The van der Waals surface area contributed by atoms with Gasteiger partial charge in [0, 0.05) is 31.1 Å². The van der Waals surface area contributed by atoms with Gasteiger partial charge in [0.25, 0.3) is 0 Å². The van der Waals surface area contributed by atoms with Crippen LogP contribution < -0.4 is 20.1 Å². The Morgan fingerprint density at radius 3 is 3.10 bits per heavy atom.